The minimum absolute atomic E-state index is 0.283. The average Bonchev–Trinajstić information content (AvgIpc) is 2.75. The standard InChI is InChI=1S/C11H20O2/c1-13-8-4-7-11(12)9-5-2-3-6-10(9)11/h9-10,12H,2-8H2,1H3. The van der Waals surface area contributed by atoms with Crippen LogP contribution in [-0.2, 0) is 4.74 Å². The zero-order chi connectivity index (χ0) is 9.31. The van der Waals surface area contributed by atoms with Crippen molar-refractivity contribution < 1.29 is 9.84 Å². The molecule has 0 heterocycles. The van der Waals surface area contributed by atoms with Gasteiger partial charge in [0, 0.05) is 13.7 Å². The molecule has 0 aromatic heterocycles. The molecule has 0 aliphatic heterocycles. The van der Waals surface area contributed by atoms with E-state index in [1.54, 1.807) is 7.11 Å². The van der Waals surface area contributed by atoms with Crippen LogP contribution in [0.25, 0.3) is 0 Å². The maximum Gasteiger partial charge on any atom is 0.0712 e. The van der Waals surface area contributed by atoms with Crippen LogP contribution in [0.5, 0.6) is 0 Å². The first kappa shape index (κ1) is 9.47. The Bertz CT molecular complexity index is 167. The van der Waals surface area contributed by atoms with E-state index in [-0.39, 0.29) is 5.60 Å². The van der Waals surface area contributed by atoms with Gasteiger partial charge in [-0.05, 0) is 37.5 Å². The number of fused-ring (bicyclic) bond motifs is 1. The Balaban J connectivity index is 1.78. The molecule has 76 valence electrons. The first-order chi connectivity index (χ1) is 6.29. The van der Waals surface area contributed by atoms with Crippen LogP contribution in [0.1, 0.15) is 38.5 Å². The summed E-state index contributed by atoms with van der Waals surface area (Å²) in [4.78, 5) is 0. The van der Waals surface area contributed by atoms with Gasteiger partial charge in [-0.3, -0.25) is 0 Å². The van der Waals surface area contributed by atoms with E-state index < -0.39 is 0 Å². The second kappa shape index (κ2) is 3.58. The van der Waals surface area contributed by atoms with Crippen molar-refractivity contribution in [1.82, 2.24) is 0 Å². The molecule has 2 heteroatoms. The molecule has 0 bridgehead atoms. The van der Waals surface area contributed by atoms with Gasteiger partial charge in [-0.15, -0.1) is 0 Å². The van der Waals surface area contributed by atoms with Gasteiger partial charge in [-0.1, -0.05) is 12.8 Å². The predicted octanol–water partition coefficient (Wildman–Crippen LogP) is 1.96. The van der Waals surface area contributed by atoms with Gasteiger partial charge in [0.05, 0.1) is 5.60 Å². The Labute approximate surface area is 80.3 Å². The number of hydrogen-bond donors (Lipinski definition) is 1. The van der Waals surface area contributed by atoms with E-state index in [0.717, 1.165) is 19.4 Å². The summed E-state index contributed by atoms with van der Waals surface area (Å²) in [5, 5.41) is 10.3. The molecule has 2 atom stereocenters. The molecule has 0 spiro atoms. The molecule has 2 saturated carbocycles. The molecular formula is C11H20O2. The zero-order valence-corrected chi connectivity index (χ0v) is 8.46. The molecule has 2 nitrogen and oxygen atoms in total. The maximum absolute atomic E-state index is 10.3. The third-order valence-corrected chi connectivity index (χ3v) is 3.87. The lowest BCUT2D eigenvalue weighted by molar-refractivity contribution is 0.0915. The Morgan fingerprint density at radius 2 is 1.92 bits per heavy atom. The summed E-state index contributed by atoms with van der Waals surface area (Å²) in [6, 6.07) is 0. The van der Waals surface area contributed by atoms with E-state index >= 15 is 0 Å². The molecule has 0 amide bonds. The molecule has 0 aromatic rings. The quantitative estimate of drug-likeness (QED) is 0.677. The molecule has 2 fully saturated rings. The van der Waals surface area contributed by atoms with E-state index in [0.29, 0.717) is 11.8 Å². The minimum atomic E-state index is -0.283. The van der Waals surface area contributed by atoms with Crippen molar-refractivity contribution in [3.63, 3.8) is 0 Å². The zero-order valence-electron chi connectivity index (χ0n) is 8.46. The molecular weight excluding hydrogens is 164 g/mol. The van der Waals surface area contributed by atoms with Crippen molar-refractivity contribution in [2.24, 2.45) is 11.8 Å². The van der Waals surface area contributed by atoms with Crippen molar-refractivity contribution in [3.05, 3.63) is 0 Å². The normalized spacial score (nSPS) is 42.9. The summed E-state index contributed by atoms with van der Waals surface area (Å²) in [7, 11) is 1.73. The highest BCUT2D eigenvalue weighted by Gasteiger charge is 2.62. The second-order valence-electron chi connectivity index (χ2n) is 4.59. The highest BCUT2D eigenvalue weighted by atomic mass is 16.5. The van der Waals surface area contributed by atoms with Gasteiger partial charge in [0.15, 0.2) is 0 Å². The minimum Gasteiger partial charge on any atom is -0.389 e. The highest BCUT2D eigenvalue weighted by molar-refractivity contribution is 5.12. The fourth-order valence-corrected chi connectivity index (χ4v) is 3.09. The number of aliphatic hydroxyl groups is 1. The van der Waals surface area contributed by atoms with Gasteiger partial charge in [0.2, 0.25) is 0 Å². The Hall–Kier alpha value is -0.0800. The lowest BCUT2D eigenvalue weighted by atomic mass is 10.0. The van der Waals surface area contributed by atoms with Crippen molar-refractivity contribution in [3.8, 4) is 0 Å². The molecule has 2 rings (SSSR count). The van der Waals surface area contributed by atoms with Crippen molar-refractivity contribution in [1.29, 1.82) is 0 Å². The van der Waals surface area contributed by atoms with Crippen molar-refractivity contribution in [2.45, 2.75) is 44.1 Å². The van der Waals surface area contributed by atoms with Crippen molar-refractivity contribution >= 4 is 0 Å². The van der Waals surface area contributed by atoms with Crippen LogP contribution in [-0.4, -0.2) is 24.4 Å². The van der Waals surface area contributed by atoms with Gasteiger partial charge in [-0.25, -0.2) is 0 Å². The number of rotatable bonds is 4. The highest BCUT2D eigenvalue weighted by Crippen LogP contribution is 2.60. The molecule has 13 heavy (non-hydrogen) atoms. The Morgan fingerprint density at radius 1 is 1.31 bits per heavy atom. The lowest BCUT2D eigenvalue weighted by Gasteiger charge is -2.09. The number of methoxy groups -OCH3 is 1. The van der Waals surface area contributed by atoms with E-state index in [1.165, 1.54) is 25.7 Å². The first-order valence-electron chi connectivity index (χ1n) is 5.50. The van der Waals surface area contributed by atoms with Crippen LogP contribution in [0, 0.1) is 11.8 Å². The molecule has 1 N–H and O–H groups in total. The number of ether oxygens (including phenoxy) is 1. The molecule has 2 aliphatic carbocycles. The topological polar surface area (TPSA) is 29.5 Å². The molecule has 2 unspecified atom stereocenters. The van der Waals surface area contributed by atoms with Crippen LogP contribution in [0.2, 0.25) is 0 Å². The smallest absolute Gasteiger partial charge is 0.0712 e. The van der Waals surface area contributed by atoms with Crippen LogP contribution in [0.4, 0.5) is 0 Å². The average molecular weight is 184 g/mol. The molecule has 0 radical (unpaired) electrons. The van der Waals surface area contributed by atoms with Gasteiger partial charge in [0.25, 0.3) is 0 Å². The van der Waals surface area contributed by atoms with E-state index in [1.807, 2.05) is 0 Å². The molecule has 0 aromatic carbocycles. The summed E-state index contributed by atoms with van der Waals surface area (Å²) in [5.41, 5.74) is -0.283. The summed E-state index contributed by atoms with van der Waals surface area (Å²) >= 11 is 0. The van der Waals surface area contributed by atoms with Gasteiger partial charge >= 0.3 is 0 Å². The largest absolute Gasteiger partial charge is 0.389 e. The summed E-state index contributed by atoms with van der Waals surface area (Å²) in [6.07, 6.45) is 7.14. The Morgan fingerprint density at radius 3 is 2.46 bits per heavy atom. The van der Waals surface area contributed by atoms with Crippen LogP contribution in [0.15, 0.2) is 0 Å². The van der Waals surface area contributed by atoms with Crippen LogP contribution < -0.4 is 0 Å². The summed E-state index contributed by atoms with van der Waals surface area (Å²) in [6.45, 7) is 0.793. The van der Waals surface area contributed by atoms with Gasteiger partial charge in [-0.2, -0.15) is 0 Å². The monoisotopic (exact) mass is 184 g/mol. The fourth-order valence-electron chi connectivity index (χ4n) is 3.09. The third kappa shape index (κ3) is 1.62. The van der Waals surface area contributed by atoms with E-state index in [2.05, 4.69) is 0 Å². The SMILES string of the molecule is COCCCC1(O)C2CCCCC21. The predicted molar refractivity (Wildman–Crippen MR) is 51.5 cm³/mol. The molecule has 0 saturated heterocycles. The third-order valence-electron chi connectivity index (χ3n) is 3.87. The second-order valence-corrected chi connectivity index (χ2v) is 4.59. The van der Waals surface area contributed by atoms with Crippen LogP contribution in [0.3, 0.4) is 0 Å². The number of hydrogen-bond acceptors (Lipinski definition) is 2. The Kier molecular flexibility index (Phi) is 2.61. The fraction of sp³-hybridized carbons (Fsp3) is 1.00. The summed E-state index contributed by atoms with van der Waals surface area (Å²) in [5.74, 6) is 1.27. The molecule has 2 aliphatic rings. The van der Waals surface area contributed by atoms with E-state index in [4.69, 9.17) is 4.74 Å². The lowest BCUT2D eigenvalue weighted by Crippen LogP contribution is -2.13. The first-order valence-corrected chi connectivity index (χ1v) is 5.50. The van der Waals surface area contributed by atoms with Crippen LogP contribution >= 0.6 is 0 Å². The maximum atomic E-state index is 10.3. The van der Waals surface area contributed by atoms with Crippen molar-refractivity contribution in [2.75, 3.05) is 13.7 Å². The van der Waals surface area contributed by atoms with Gasteiger partial charge in [0.1, 0.15) is 0 Å². The summed E-state index contributed by atoms with van der Waals surface area (Å²) < 4.78 is 5.01. The van der Waals surface area contributed by atoms with Gasteiger partial charge < -0.3 is 9.84 Å². The van der Waals surface area contributed by atoms with E-state index in [9.17, 15) is 5.11 Å².